The maximum atomic E-state index is 4.52. The molecule has 0 aromatic carbocycles. The second-order valence-electron chi connectivity index (χ2n) is 7.50. The molecule has 3 unspecified atom stereocenters. The van der Waals surface area contributed by atoms with Gasteiger partial charge < -0.3 is 5.32 Å². The molecule has 3 rings (SSSR count). The molecule has 0 aliphatic heterocycles. The topological polar surface area (TPSA) is 29.9 Å². The predicted molar refractivity (Wildman–Crippen MR) is 87.3 cm³/mol. The SMILES string of the molecule is CCn1cc(C2CC(C(C)C)CCC2CNC2CC2)cn1. The van der Waals surface area contributed by atoms with Crippen molar-refractivity contribution in [1.82, 2.24) is 15.1 Å². The van der Waals surface area contributed by atoms with E-state index in [2.05, 4.69) is 48.3 Å². The highest BCUT2D eigenvalue weighted by Gasteiger charge is 2.34. The highest BCUT2D eigenvalue weighted by Crippen LogP contribution is 2.43. The molecule has 0 radical (unpaired) electrons. The first-order chi connectivity index (χ1) is 10.2. The van der Waals surface area contributed by atoms with Crippen LogP contribution in [0.15, 0.2) is 12.4 Å². The van der Waals surface area contributed by atoms with Gasteiger partial charge in [0.05, 0.1) is 6.20 Å². The van der Waals surface area contributed by atoms with Crippen molar-refractivity contribution in [3.8, 4) is 0 Å². The fraction of sp³-hybridized carbons (Fsp3) is 0.833. The highest BCUT2D eigenvalue weighted by atomic mass is 15.3. The molecule has 2 saturated carbocycles. The lowest BCUT2D eigenvalue weighted by molar-refractivity contribution is 0.190. The first-order valence-electron chi connectivity index (χ1n) is 8.93. The van der Waals surface area contributed by atoms with Crippen LogP contribution in [0.2, 0.25) is 0 Å². The summed E-state index contributed by atoms with van der Waals surface area (Å²) in [5.41, 5.74) is 1.48. The standard InChI is InChI=1S/C18H31N3/c1-4-21-12-16(11-20-21)18-9-14(13(2)3)5-6-15(18)10-19-17-7-8-17/h11-15,17-19H,4-10H2,1-3H3. The van der Waals surface area contributed by atoms with E-state index in [1.807, 2.05) is 0 Å². The number of aryl methyl sites for hydroxylation is 1. The lowest BCUT2D eigenvalue weighted by Gasteiger charge is -2.38. The minimum atomic E-state index is 0.706. The van der Waals surface area contributed by atoms with E-state index in [1.54, 1.807) is 0 Å². The van der Waals surface area contributed by atoms with Crippen molar-refractivity contribution in [3.05, 3.63) is 18.0 Å². The predicted octanol–water partition coefficient (Wildman–Crippen LogP) is 3.81. The number of nitrogens with one attached hydrogen (secondary N) is 1. The smallest absolute Gasteiger partial charge is 0.0524 e. The summed E-state index contributed by atoms with van der Waals surface area (Å²) in [7, 11) is 0. The van der Waals surface area contributed by atoms with Gasteiger partial charge in [0.1, 0.15) is 0 Å². The summed E-state index contributed by atoms with van der Waals surface area (Å²) in [4.78, 5) is 0. The van der Waals surface area contributed by atoms with Crippen LogP contribution < -0.4 is 5.32 Å². The Kier molecular flexibility index (Phi) is 4.68. The van der Waals surface area contributed by atoms with E-state index in [0.29, 0.717) is 5.92 Å². The van der Waals surface area contributed by atoms with E-state index < -0.39 is 0 Å². The van der Waals surface area contributed by atoms with Crippen molar-refractivity contribution in [2.45, 2.75) is 71.4 Å². The lowest BCUT2D eigenvalue weighted by Crippen LogP contribution is -2.34. The lowest BCUT2D eigenvalue weighted by atomic mass is 9.68. The average Bonchev–Trinajstić information content (AvgIpc) is 3.20. The summed E-state index contributed by atoms with van der Waals surface area (Å²) < 4.78 is 2.08. The van der Waals surface area contributed by atoms with Gasteiger partial charge in [-0.25, -0.2) is 0 Å². The Bertz CT molecular complexity index is 447. The number of rotatable bonds is 6. The average molecular weight is 289 g/mol. The number of hydrogen-bond donors (Lipinski definition) is 1. The van der Waals surface area contributed by atoms with E-state index >= 15 is 0 Å². The summed E-state index contributed by atoms with van der Waals surface area (Å²) in [5, 5.41) is 8.28. The molecule has 21 heavy (non-hydrogen) atoms. The molecule has 0 amide bonds. The van der Waals surface area contributed by atoms with Crippen LogP contribution >= 0.6 is 0 Å². The van der Waals surface area contributed by atoms with Crippen LogP contribution in [-0.2, 0) is 6.54 Å². The van der Waals surface area contributed by atoms with Crippen LogP contribution in [0.5, 0.6) is 0 Å². The van der Waals surface area contributed by atoms with Crippen molar-refractivity contribution >= 4 is 0 Å². The minimum absolute atomic E-state index is 0.706. The van der Waals surface area contributed by atoms with Crippen LogP contribution in [0, 0.1) is 17.8 Å². The summed E-state index contributed by atoms with van der Waals surface area (Å²) >= 11 is 0. The Labute approximate surface area is 129 Å². The van der Waals surface area contributed by atoms with Gasteiger partial charge in [-0.2, -0.15) is 5.10 Å². The third-order valence-corrected chi connectivity index (χ3v) is 5.63. The molecule has 2 aliphatic rings. The van der Waals surface area contributed by atoms with Crippen molar-refractivity contribution in [3.63, 3.8) is 0 Å². The maximum Gasteiger partial charge on any atom is 0.0524 e. The Balaban J connectivity index is 1.70. The molecule has 1 heterocycles. The molecule has 3 heteroatoms. The van der Waals surface area contributed by atoms with Gasteiger partial charge in [-0.05, 0) is 74.8 Å². The van der Waals surface area contributed by atoms with Crippen molar-refractivity contribution < 1.29 is 0 Å². The number of hydrogen-bond acceptors (Lipinski definition) is 2. The van der Waals surface area contributed by atoms with Crippen LogP contribution in [-0.4, -0.2) is 22.4 Å². The molecule has 1 N–H and O–H groups in total. The fourth-order valence-electron chi connectivity index (χ4n) is 3.87. The van der Waals surface area contributed by atoms with Crippen LogP contribution in [0.25, 0.3) is 0 Å². The summed E-state index contributed by atoms with van der Waals surface area (Å²) in [6.07, 6.45) is 11.3. The van der Waals surface area contributed by atoms with Gasteiger partial charge in [-0.1, -0.05) is 13.8 Å². The van der Waals surface area contributed by atoms with Gasteiger partial charge in [0.25, 0.3) is 0 Å². The van der Waals surface area contributed by atoms with Gasteiger partial charge in [0, 0.05) is 18.8 Å². The zero-order valence-electron chi connectivity index (χ0n) is 13.9. The molecule has 0 bridgehead atoms. The third-order valence-electron chi connectivity index (χ3n) is 5.63. The van der Waals surface area contributed by atoms with Gasteiger partial charge in [-0.15, -0.1) is 0 Å². The monoisotopic (exact) mass is 289 g/mol. The fourth-order valence-corrected chi connectivity index (χ4v) is 3.87. The highest BCUT2D eigenvalue weighted by molar-refractivity contribution is 5.15. The largest absolute Gasteiger partial charge is 0.314 e. The normalized spacial score (nSPS) is 30.0. The van der Waals surface area contributed by atoms with Gasteiger partial charge in [0.2, 0.25) is 0 Å². The van der Waals surface area contributed by atoms with Crippen LogP contribution in [0.1, 0.15) is 64.4 Å². The first-order valence-corrected chi connectivity index (χ1v) is 8.93. The van der Waals surface area contributed by atoms with Gasteiger partial charge >= 0.3 is 0 Å². The molecule has 0 spiro atoms. The summed E-state index contributed by atoms with van der Waals surface area (Å²) in [5.74, 6) is 3.20. The third kappa shape index (κ3) is 3.68. The van der Waals surface area contributed by atoms with E-state index in [0.717, 1.165) is 30.3 Å². The van der Waals surface area contributed by atoms with E-state index in [1.165, 1.54) is 44.2 Å². The zero-order valence-corrected chi connectivity index (χ0v) is 13.9. The minimum Gasteiger partial charge on any atom is -0.314 e. The Hall–Kier alpha value is -0.830. The second-order valence-corrected chi connectivity index (χ2v) is 7.50. The Morgan fingerprint density at radius 3 is 2.71 bits per heavy atom. The van der Waals surface area contributed by atoms with Crippen LogP contribution in [0.3, 0.4) is 0 Å². The molecule has 0 saturated heterocycles. The molecule has 1 aromatic heterocycles. The van der Waals surface area contributed by atoms with E-state index in [4.69, 9.17) is 0 Å². The molecule has 2 fully saturated rings. The van der Waals surface area contributed by atoms with Gasteiger partial charge in [0.15, 0.2) is 0 Å². The second kappa shape index (κ2) is 6.51. The summed E-state index contributed by atoms with van der Waals surface area (Å²) in [6, 6.07) is 0.826. The van der Waals surface area contributed by atoms with E-state index in [-0.39, 0.29) is 0 Å². The maximum absolute atomic E-state index is 4.52. The Morgan fingerprint density at radius 1 is 1.29 bits per heavy atom. The molecular weight excluding hydrogens is 258 g/mol. The van der Waals surface area contributed by atoms with E-state index in [9.17, 15) is 0 Å². The molecule has 3 nitrogen and oxygen atoms in total. The first kappa shape index (κ1) is 15.1. The van der Waals surface area contributed by atoms with Crippen molar-refractivity contribution in [2.75, 3.05) is 6.54 Å². The number of aromatic nitrogens is 2. The van der Waals surface area contributed by atoms with Crippen LogP contribution in [0.4, 0.5) is 0 Å². The molecular formula is C18H31N3. The molecule has 1 aromatic rings. The van der Waals surface area contributed by atoms with Crippen molar-refractivity contribution in [1.29, 1.82) is 0 Å². The quantitative estimate of drug-likeness (QED) is 0.863. The zero-order chi connectivity index (χ0) is 14.8. The Morgan fingerprint density at radius 2 is 2.10 bits per heavy atom. The molecule has 118 valence electrons. The molecule has 2 aliphatic carbocycles. The molecule has 3 atom stereocenters. The van der Waals surface area contributed by atoms with Gasteiger partial charge in [-0.3, -0.25) is 4.68 Å². The summed E-state index contributed by atoms with van der Waals surface area (Å²) in [6.45, 7) is 9.13. The van der Waals surface area contributed by atoms with Crippen molar-refractivity contribution in [2.24, 2.45) is 17.8 Å². The number of nitrogens with zero attached hydrogens (tertiary/aromatic N) is 2.